The third-order valence-corrected chi connectivity index (χ3v) is 4.11. The van der Waals surface area contributed by atoms with E-state index in [0.717, 1.165) is 0 Å². The zero-order valence-corrected chi connectivity index (χ0v) is 13.7. The van der Waals surface area contributed by atoms with E-state index in [1.54, 1.807) is 24.0 Å². The Morgan fingerprint density at radius 1 is 1.39 bits per heavy atom. The lowest BCUT2D eigenvalue weighted by atomic mass is 9.95. The van der Waals surface area contributed by atoms with Crippen molar-refractivity contribution < 1.29 is 19.0 Å². The third kappa shape index (κ3) is 5.27. The van der Waals surface area contributed by atoms with Gasteiger partial charge in [-0.1, -0.05) is 12.1 Å². The van der Waals surface area contributed by atoms with Crippen molar-refractivity contribution in [2.45, 2.75) is 31.9 Å². The number of aliphatic hydroxyl groups is 1. The van der Waals surface area contributed by atoms with Crippen molar-refractivity contribution in [1.29, 1.82) is 0 Å². The first-order valence-electron chi connectivity index (χ1n) is 7.96. The Morgan fingerprint density at radius 3 is 2.61 bits per heavy atom. The van der Waals surface area contributed by atoms with Gasteiger partial charge in [-0.3, -0.25) is 4.79 Å². The molecule has 0 aromatic heterocycles. The Balaban J connectivity index is 1.81. The van der Waals surface area contributed by atoms with Crippen LogP contribution in [-0.4, -0.2) is 54.8 Å². The number of nitrogens with zero attached hydrogens (tertiary/aromatic N) is 1. The van der Waals surface area contributed by atoms with Gasteiger partial charge in [0.2, 0.25) is 5.91 Å². The maximum atomic E-state index is 13.0. The van der Waals surface area contributed by atoms with E-state index in [-0.39, 0.29) is 24.3 Å². The van der Waals surface area contributed by atoms with Crippen molar-refractivity contribution in [3.8, 4) is 0 Å². The van der Waals surface area contributed by atoms with Crippen LogP contribution in [0.4, 0.5) is 4.39 Å². The molecule has 2 rings (SSSR count). The Bertz CT molecular complexity index is 513. The van der Waals surface area contributed by atoms with E-state index in [1.165, 1.54) is 12.1 Å². The van der Waals surface area contributed by atoms with Crippen LogP contribution in [-0.2, 0) is 15.1 Å². The van der Waals surface area contributed by atoms with Crippen LogP contribution < -0.4 is 5.32 Å². The molecule has 5 nitrogen and oxygen atoms in total. The van der Waals surface area contributed by atoms with E-state index in [2.05, 4.69) is 5.32 Å². The molecule has 2 N–H and O–H groups in total. The third-order valence-electron chi connectivity index (χ3n) is 4.11. The quantitative estimate of drug-likeness (QED) is 0.827. The summed E-state index contributed by atoms with van der Waals surface area (Å²) in [5.74, 6) is -0.239. The highest BCUT2D eigenvalue weighted by Gasteiger charge is 2.25. The lowest BCUT2D eigenvalue weighted by molar-refractivity contribution is -0.135. The summed E-state index contributed by atoms with van der Waals surface area (Å²) in [6, 6.07) is 5.74. The van der Waals surface area contributed by atoms with Gasteiger partial charge in [0.15, 0.2) is 0 Å². The second-order valence-electron chi connectivity index (χ2n) is 6.26. The van der Waals surface area contributed by atoms with Crippen LogP contribution in [0.15, 0.2) is 24.3 Å². The minimum Gasteiger partial charge on any atom is -0.384 e. The first-order valence-corrected chi connectivity index (χ1v) is 7.96. The van der Waals surface area contributed by atoms with Crippen LogP contribution in [0.5, 0.6) is 0 Å². The number of hydrogen-bond donors (Lipinski definition) is 2. The fourth-order valence-corrected chi connectivity index (χ4v) is 2.56. The summed E-state index contributed by atoms with van der Waals surface area (Å²) in [4.78, 5) is 14.0. The Morgan fingerprint density at radius 2 is 2.00 bits per heavy atom. The minimum atomic E-state index is -1.12. The molecule has 23 heavy (non-hydrogen) atoms. The number of carbonyl (C=O) groups is 1. The van der Waals surface area contributed by atoms with Crippen LogP contribution >= 0.6 is 0 Å². The van der Waals surface area contributed by atoms with Crippen molar-refractivity contribution in [2.24, 2.45) is 0 Å². The number of morpholine rings is 1. The van der Waals surface area contributed by atoms with Crippen molar-refractivity contribution in [3.05, 3.63) is 35.6 Å². The highest BCUT2D eigenvalue weighted by atomic mass is 19.1. The summed E-state index contributed by atoms with van der Waals surface area (Å²) >= 11 is 0. The predicted molar refractivity (Wildman–Crippen MR) is 85.5 cm³/mol. The number of amides is 1. The number of benzene rings is 1. The molecule has 0 bridgehead atoms. The van der Waals surface area contributed by atoms with E-state index in [4.69, 9.17) is 4.74 Å². The van der Waals surface area contributed by atoms with Crippen LogP contribution in [0.2, 0.25) is 0 Å². The largest absolute Gasteiger partial charge is 0.384 e. The summed E-state index contributed by atoms with van der Waals surface area (Å²) < 4.78 is 18.2. The van der Waals surface area contributed by atoms with Crippen molar-refractivity contribution in [1.82, 2.24) is 10.2 Å². The Kier molecular flexibility index (Phi) is 6.10. The van der Waals surface area contributed by atoms with E-state index >= 15 is 0 Å². The molecule has 1 amide bonds. The minimum absolute atomic E-state index is 0.0581. The van der Waals surface area contributed by atoms with Crippen LogP contribution in [0.3, 0.4) is 0 Å². The molecule has 0 radical (unpaired) electrons. The average molecular weight is 324 g/mol. The van der Waals surface area contributed by atoms with Gasteiger partial charge in [0.25, 0.3) is 0 Å². The lowest BCUT2D eigenvalue weighted by Gasteiger charge is -2.29. The first-order chi connectivity index (χ1) is 10.9. The van der Waals surface area contributed by atoms with Crippen LogP contribution in [0, 0.1) is 5.82 Å². The molecular weight excluding hydrogens is 299 g/mol. The topological polar surface area (TPSA) is 61.8 Å². The van der Waals surface area contributed by atoms with E-state index in [0.29, 0.717) is 38.3 Å². The maximum Gasteiger partial charge on any atom is 0.224 e. The number of ether oxygens (including phenoxy) is 1. The second kappa shape index (κ2) is 7.86. The molecule has 0 saturated carbocycles. The van der Waals surface area contributed by atoms with Gasteiger partial charge in [-0.25, -0.2) is 4.39 Å². The molecule has 1 heterocycles. The highest BCUT2D eigenvalue weighted by Crippen LogP contribution is 2.20. The maximum absolute atomic E-state index is 13.0. The molecule has 1 saturated heterocycles. The van der Waals surface area contributed by atoms with Gasteiger partial charge in [0.1, 0.15) is 5.82 Å². The average Bonchev–Trinajstić information content (AvgIpc) is 2.54. The fraction of sp³-hybridized carbons (Fsp3) is 0.588. The molecule has 2 unspecified atom stereocenters. The van der Waals surface area contributed by atoms with Crippen molar-refractivity contribution >= 4 is 5.91 Å². The van der Waals surface area contributed by atoms with Gasteiger partial charge in [-0.05, 0) is 31.5 Å². The van der Waals surface area contributed by atoms with Gasteiger partial charge in [-0.2, -0.15) is 0 Å². The zero-order chi connectivity index (χ0) is 16.9. The standard InChI is InChI=1S/C17H25FN2O3/c1-13(11-16(21)20-7-9-23-10-8-20)19-12-17(2,22)14-3-5-15(18)6-4-14/h3-6,13,19,22H,7-12H2,1-2H3. The first kappa shape index (κ1) is 17.8. The fourth-order valence-electron chi connectivity index (χ4n) is 2.56. The molecular formula is C17H25FN2O3. The van der Waals surface area contributed by atoms with Gasteiger partial charge in [-0.15, -0.1) is 0 Å². The molecule has 1 aromatic rings. The van der Waals surface area contributed by atoms with Gasteiger partial charge in [0, 0.05) is 32.1 Å². The van der Waals surface area contributed by atoms with E-state index < -0.39 is 5.60 Å². The normalized spacial score (nSPS) is 19.2. The van der Waals surface area contributed by atoms with Gasteiger partial charge < -0.3 is 20.1 Å². The molecule has 1 aromatic carbocycles. The van der Waals surface area contributed by atoms with E-state index in [1.807, 2.05) is 6.92 Å². The molecule has 1 aliphatic heterocycles. The number of halogens is 1. The second-order valence-corrected chi connectivity index (χ2v) is 6.26. The number of rotatable bonds is 6. The zero-order valence-electron chi connectivity index (χ0n) is 13.7. The lowest BCUT2D eigenvalue weighted by Crippen LogP contribution is -2.45. The SMILES string of the molecule is CC(CC(=O)N1CCOCC1)NCC(C)(O)c1ccc(F)cc1. The molecule has 0 spiro atoms. The van der Waals surface area contributed by atoms with Crippen molar-refractivity contribution in [3.63, 3.8) is 0 Å². The summed E-state index contributed by atoms with van der Waals surface area (Å²) in [5, 5.41) is 13.7. The molecule has 2 atom stereocenters. The molecule has 128 valence electrons. The number of hydrogen-bond acceptors (Lipinski definition) is 4. The summed E-state index contributed by atoms with van der Waals surface area (Å²) in [7, 11) is 0. The molecule has 1 aliphatic rings. The Hall–Kier alpha value is -1.50. The summed E-state index contributed by atoms with van der Waals surface area (Å²) in [5.41, 5.74) is -0.484. The van der Waals surface area contributed by atoms with E-state index in [9.17, 15) is 14.3 Å². The number of carbonyl (C=O) groups excluding carboxylic acids is 1. The smallest absolute Gasteiger partial charge is 0.224 e. The number of nitrogens with one attached hydrogen (secondary N) is 1. The van der Waals surface area contributed by atoms with Gasteiger partial charge >= 0.3 is 0 Å². The van der Waals surface area contributed by atoms with Crippen molar-refractivity contribution in [2.75, 3.05) is 32.8 Å². The predicted octanol–water partition coefficient (Wildman–Crippen LogP) is 1.26. The van der Waals surface area contributed by atoms with Crippen LogP contribution in [0.1, 0.15) is 25.8 Å². The highest BCUT2D eigenvalue weighted by molar-refractivity contribution is 5.76. The Labute approximate surface area is 136 Å². The molecule has 0 aliphatic carbocycles. The monoisotopic (exact) mass is 324 g/mol. The molecule has 6 heteroatoms. The summed E-state index contributed by atoms with van der Waals surface area (Å²) in [6.45, 7) is 6.33. The van der Waals surface area contributed by atoms with Crippen LogP contribution in [0.25, 0.3) is 0 Å². The van der Waals surface area contributed by atoms with Gasteiger partial charge in [0.05, 0.1) is 18.8 Å². The molecule has 1 fully saturated rings. The summed E-state index contributed by atoms with van der Waals surface area (Å²) in [6.07, 6.45) is 0.375.